The van der Waals surface area contributed by atoms with Crippen molar-refractivity contribution < 1.29 is 0 Å². The zero-order chi connectivity index (χ0) is 14.0. The Morgan fingerprint density at radius 3 is 2.47 bits per heavy atom. The average Bonchev–Trinajstić information content (AvgIpc) is 2.41. The molecule has 0 aliphatic heterocycles. The summed E-state index contributed by atoms with van der Waals surface area (Å²) in [5.74, 6) is 0.911. The smallest absolute Gasteiger partial charge is 0.129 e. The van der Waals surface area contributed by atoms with E-state index in [9.17, 15) is 0 Å². The summed E-state index contributed by atoms with van der Waals surface area (Å²) in [5, 5.41) is 0.750. The molecule has 1 heterocycles. The van der Waals surface area contributed by atoms with E-state index in [0.717, 1.165) is 22.1 Å². The van der Waals surface area contributed by atoms with Gasteiger partial charge in [0.15, 0.2) is 0 Å². The molecule has 0 spiro atoms. The van der Waals surface area contributed by atoms with Gasteiger partial charge in [0.2, 0.25) is 0 Å². The van der Waals surface area contributed by atoms with Crippen molar-refractivity contribution in [2.75, 3.05) is 17.7 Å². The molecule has 1 unspecified atom stereocenters. The van der Waals surface area contributed by atoms with Crippen molar-refractivity contribution in [1.29, 1.82) is 0 Å². The Morgan fingerprint density at radius 2 is 1.89 bits per heavy atom. The molecular weight excluding hydrogens is 258 g/mol. The van der Waals surface area contributed by atoms with E-state index >= 15 is 0 Å². The van der Waals surface area contributed by atoms with E-state index in [2.05, 4.69) is 16.8 Å². The predicted molar refractivity (Wildman–Crippen MR) is 81.7 cm³/mol. The number of benzene rings is 1. The topological polar surface area (TPSA) is 42.2 Å². The van der Waals surface area contributed by atoms with Gasteiger partial charge in [0.25, 0.3) is 0 Å². The van der Waals surface area contributed by atoms with E-state index in [1.54, 1.807) is 6.20 Å². The van der Waals surface area contributed by atoms with Crippen LogP contribution in [0.1, 0.15) is 24.1 Å². The van der Waals surface area contributed by atoms with Gasteiger partial charge in [-0.25, -0.2) is 4.98 Å². The molecule has 0 fully saturated rings. The van der Waals surface area contributed by atoms with Gasteiger partial charge < -0.3 is 10.6 Å². The molecular formula is C15H18ClN3. The first-order valence-electron chi connectivity index (χ1n) is 6.19. The molecule has 3 nitrogen and oxygen atoms in total. The minimum Gasteiger partial charge on any atom is -0.397 e. The summed E-state index contributed by atoms with van der Waals surface area (Å²) in [6.07, 6.45) is 1.70. The molecule has 2 rings (SSSR count). The van der Waals surface area contributed by atoms with Crippen LogP contribution >= 0.6 is 11.6 Å². The van der Waals surface area contributed by atoms with Crippen molar-refractivity contribution in [1.82, 2.24) is 4.98 Å². The second-order valence-electron chi connectivity index (χ2n) is 4.74. The number of anilines is 2. The molecule has 0 aliphatic rings. The van der Waals surface area contributed by atoms with Gasteiger partial charge in [-0.05, 0) is 43.2 Å². The van der Waals surface area contributed by atoms with E-state index in [0.29, 0.717) is 0 Å². The molecule has 1 aromatic heterocycles. The summed E-state index contributed by atoms with van der Waals surface area (Å²) >= 11 is 5.91. The summed E-state index contributed by atoms with van der Waals surface area (Å²) < 4.78 is 0. The third kappa shape index (κ3) is 2.99. The third-order valence-electron chi connectivity index (χ3n) is 3.43. The Morgan fingerprint density at radius 1 is 1.26 bits per heavy atom. The Hall–Kier alpha value is -1.74. The summed E-state index contributed by atoms with van der Waals surface area (Å²) in [7, 11) is 2.03. The highest BCUT2D eigenvalue weighted by atomic mass is 35.5. The predicted octanol–water partition coefficient (Wildman–Crippen LogP) is 3.82. The molecule has 0 radical (unpaired) electrons. The van der Waals surface area contributed by atoms with Crippen LogP contribution in [0, 0.1) is 6.92 Å². The molecule has 2 aromatic rings. The molecule has 0 bridgehead atoms. The Balaban J connectivity index is 2.25. The van der Waals surface area contributed by atoms with Gasteiger partial charge in [0.1, 0.15) is 5.82 Å². The lowest BCUT2D eigenvalue weighted by Gasteiger charge is -2.26. The second kappa shape index (κ2) is 5.49. The van der Waals surface area contributed by atoms with Crippen LogP contribution in [0.2, 0.25) is 5.02 Å². The summed E-state index contributed by atoms with van der Waals surface area (Å²) in [6, 6.07) is 10.1. The van der Waals surface area contributed by atoms with Crippen molar-refractivity contribution >= 4 is 23.1 Å². The fraction of sp³-hybridized carbons (Fsp3) is 0.267. The Kier molecular flexibility index (Phi) is 3.96. The van der Waals surface area contributed by atoms with Crippen LogP contribution in [0.15, 0.2) is 36.5 Å². The lowest BCUT2D eigenvalue weighted by Crippen LogP contribution is -2.22. The molecule has 1 atom stereocenters. The number of halogens is 1. The zero-order valence-electron chi connectivity index (χ0n) is 11.4. The summed E-state index contributed by atoms with van der Waals surface area (Å²) in [6.45, 7) is 4.12. The van der Waals surface area contributed by atoms with Gasteiger partial charge in [-0.1, -0.05) is 23.7 Å². The van der Waals surface area contributed by atoms with Crippen LogP contribution in [0.4, 0.5) is 11.5 Å². The first-order valence-corrected chi connectivity index (χ1v) is 6.57. The molecule has 100 valence electrons. The van der Waals surface area contributed by atoms with Crippen molar-refractivity contribution in [2.45, 2.75) is 19.9 Å². The molecule has 1 aromatic carbocycles. The summed E-state index contributed by atoms with van der Waals surface area (Å²) in [4.78, 5) is 6.50. The van der Waals surface area contributed by atoms with E-state index in [1.807, 2.05) is 44.3 Å². The van der Waals surface area contributed by atoms with Crippen LogP contribution < -0.4 is 10.6 Å². The maximum atomic E-state index is 5.91. The Bertz CT molecular complexity index is 566. The highest BCUT2D eigenvalue weighted by Gasteiger charge is 2.13. The molecule has 0 saturated heterocycles. The second-order valence-corrected chi connectivity index (χ2v) is 5.17. The first kappa shape index (κ1) is 13.7. The SMILES string of the molecule is Cc1cc(N(C)C(C)c2ccc(Cl)cc2)ncc1N. The molecule has 0 amide bonds. The van der Waals surface area contributed by atoms with Gasteiger partial charge in [0, 0.05) is 12.1 Å². The number of nitrogens with two attached hydrogens (primary N) is 1. The van der Waals surface area contributed by atoms with E-state index in [4.69, 9.17) is 17.3 Å². The van der Waals surface area contributed by atoms with Gasteiger partial charge >= 0.3 is 0 Å². The number of hydrogen-bond acceptors (Lipinski definition) is 3. The third-order valence-corrected chi connectivity index (χ3v) is 3.68. The number of aryl methyl sites for hydroxylation is 1. The number of nitrogen functional groups attached to an aromatic ring is 1. The number of hydrogen-bond donors (Lipinski definition) is 1. The summed E-state index contributed by atoms with van der Waals surface area (Å²) in [5.41, 5.74) is 8.76. The number of pyridine rings is 1. The minimum absolute atomic E-state index is 0.216. The number of nitrogens with zero attached hydrogens (tertiary/aromatic N) is 2. The fourth-order valence-corrected chi connectivity index (χ4v) is 2.03. The van der Waals surface area contributed by atoms with Crippen molar-refractivity contribution in [3.05, 3.63) is 52.7 Å². The Labute approximate surface area is 119 Å². The van der Waals surface area contributed by atoms with E-state index in [1.165, 1.54) is 5.56 Å². The standard InChI is InChI=1S/C15H18ClN3/c1-10-8-15(18-9-14(10)17)19(3)11(2)12-4-6-13(16)7-5-12/h4-9,11H,17H2,1-3H3. The fourth-order valence-electron chi connectivity index (χ4n) is 1.91. The normalized spacial score (nSPS) is 12.2. The van der Waals surface area contributed by atoms with Gasteiger partial charge in [-0.2, -0.15) is 0 Å². The van der Waals surface area contributed by atoms with Gasteiger partial charge in [-0.3, -0.25) is 0 Å². The maximum absolute atomic E-state index is 5.91. The van der Waals surface area contributed by atoms with Crippen molar-refractivity contribution in [3.8, 4) is 0 Å². The average molecular weight is 276 g/mol. The van der Waals surface area contributed by atoms with Crippen LogP contribution in [-0.4, -0.2) is 12.0 Å². The quantitative estimate of drug-likeness (QED) is 0.926. The van der Waals surface area contributed by atoms with E-state index in [-0.39, 0.29) is 6.04 Å². The van der Waals surface area contributed by atoms with Crippen LogP contribution in [-0.2, 0) is 0 Å². The monoisotopic (exact) mass is 275 g/mol. The highest BCUT2D eigenvalue weighted by molar-refractivity contribution is 6.30. The highest BCUT2D eigenvalue weighted by Crippen LogP contribution is 2.26. The maximum Gasteiger partial charge on any atom is 0.129 e. The molecule has 0 saturated carbocycles. The minimum atomic E-state index is 0.216. The first-order chi connectivity index (χ1) is 8.99. The van der Waals surface area contributed by atoms with Crippen molar-refractivity contribution in [2.24, 2.45) is 0 Å². The van der Waals surface area contributed by atoms with Crippen LogP contribution in [0.3, 0.4) is 0 Å². The molecule has 4 heteroatoms. The zero-order valence-corrected chi connectivity index (χ0v) is 12.1. The lowest BCUT2D eigenvalue weighted by atomic mass is 10.1. The van der Waals surface area contributed by atoms with Gasteiger partial charge in [0.05, 0.1) is 17.9 Å². The molecule has 19 heavy (non-hydrogen) atoms. The van der Waals surface area contributed by atoms with Crippen molar-refractivity contribution in [3.63, 3.8) is 0 Å². The number of aromatic nitrogens is 1. The van der Waals surface area contributed by atoms with E-state index < -0.39 is 0 Å². The van der Waals surface area contributed by atoms with Crippen LogP contribution in [0.25, 0.3) is 0 Å². The van der Waals surface area contributed by atoms with Gasteiger partial charge in [-0.15, -0.1) is 0 Å². The molecule has 0 aliphatic carbocycles. The number of rotatable bonds is 3. The largest absolute Gasteiger partial charge is 0.397 e. The van der Waals surface area contributed by atoms with Crippen LogP contribution in [0.5, 0.6) is 0 Å². The lowest BCUT2D eigenvalue weighted by molar-refractivity contribution is 0.728. The molecule has 2 N–H and O–H groups in total.